The van der Waals surface area contributed by atoms with Crippen molar-refractivity contribution in [1.29, 1.82) is 0 Å². The molecular formula is C11H9F5N2O3. The first-order chi connectivity index (χ1) is 9.53. The summed E-state index contributed by atoms with van der Waals surface area (Å²) in [6.07, 6.45) is -6.21. The normalized spacial score (nSPS) is 12.0. The fourth-order valence-corrected chi connectivity index (χ4v) is 1.29. The van der Waals surface area contributed by atoms with Gasteiger partial charge in [-0.15, -0.1) is 0 Å². The summed E-state index contributed by atoms with van der Waals surface area (Å²) < 4.78 is 60.7. The van der Waals surface area contributed by atoms with E-state index in [0.29, 0.717) is 0 Å². The molecular weight excluding hydrogens is 303 g/mol. The topological polar surface area (TPSA) is 72.2 Å². The van der Waals surface area contributed by atoms with Crippen LogP contribution in [0.2, 0.25) is 0 Å². The summed E-state index contributed by atoms with van der Waals surface area (Å²) in [4.78, 5) is 21.0. The molecule has 0 spiro atoms. The van der Waals surface area contributed by atoms with Crippen molar-refractivity contribution in [2.24, 2.45) is 0 Å². The molecule has 1 aromatic rings. The van der Waals surface area contributed by atoms with Crippen molar-refractivity contribution in [3.8, 4) is 0 Å². The number of hydrogen-bond acceptors (Lipinski definition) is 3. The highest BCUT2D eigenvalue weighted by atomic mass is 19.4. The van der Waals surface area contributed by atoms with Gasteiger partial charge in [-0.3, -0.25) is 14.9 Å². The number of nitrogens with one attached hydrogen (secondary N) is 1. The number of nitro groups is 1. The number of halogens is 5. The van der Waals surface area contributed by atoms with Gasteiger partial charge in [0.15, 0.2) is 0 Å². The molecule has 1 rings (SSSR count). The Morgan fingerprint density at radius 1 is 1.14 bits per heavy atom. The average molecular weight is 312 g/mol. The number of benzene rings is 1. The molecule has 5 nitrogen and oxygen atoms in total. The van der Waals surface area contributed by atoms with Crippen molar-refractivity contribution in [2.45, 2.75) is 18.5 Å². The first-order valence-electron chi connectivity index (χ1n) is 5.47. The standard InChI is InChI=1S/C11H9F5N2O3/c12-10(13,11(14,15)16)6-17-9(19)5-7-1-3-8(4-2-7)18(20)21/h1-4H,5-6H2,(H,17,19). The SMILES string of the molecule is O=C(Cc1ccc([N+](=O)[O-])cc1)NCC(F)(F)C(F)(F)F. The quantitative estimate of drug-likeness (QED) is 0.516. The first-order valence-corrected chi connectivity index (χ1v) is 5.47. The van der Waals surface area contributed by atoms with Gasteiger partial charge in [0.2, 0.25) is 5.91 Å². The van der Waals surface area contributed by atoms with Gasteiger partial charge in [-0.25, -0.2) is 0 Å². The fraction of sp³-hybridized carbons (Fsp3) is 0.364. The minimum atomic E-state index is -5.74. The Kier molecular flexibility index (Phi) is 4.81. The monoisotopic (exact) mass is 312 g/mol. The van der Waals surface area contributed by atoms with Crippen LogP contribution in [-0.2, 0) is 11.2 Å². The van der Waals surface area contributed by atoms with Crippen LogP contribution in [0.15, 0.2) is 24.3 Å². The van der Waals surface area contributed by atoms with Crippen LogP contribution in [0, 0.1) is 10.1 Å². The Hall–Kier alpha value is -2.26. The van der Waals surface area contributed by atoms with E-state index in [1.54, 1.807) is 0 Å². The molecule has 21 heavy (non-hydrogen) atoms. The van der Waals surface area contributed by atoms with Crippen molar-refractivity contribution in [3.05, 3.63) is 39.9 Å². The predicted molar refractivity (Wildman–Crippen MR) is 60.8 cm³/mol. The van der Waals surface area contributed by atoms with Crippen LogP contribution < -0.4 is 5.32 Å². The van der Waals surface area contributed by atoms with Crippen molar-refractivity contribution in [2.75, 3.05) is 6.54 Å². The molecule has 1 N–H and O–H groups in total. The van der Waals surface area contributed by atoms with Crippen LogP contribution in [0.3, 0.4) is 0 Å². The van der Waals surface area contributed by atoms with Gasteiger partial charge >= 0.3 is 12.1 Å². The molecule has 0 heterocycles. The van der Waals surface area contributed by atoms with E-state index in [4.69, 9.17) is 0 Å². The number of rotatable bonds is 5. The average Bonchev–Trinajstić information content (AvgIpc) is 2.36. The number of alkyl halides is 5. The summed E-state index contributed by atoms with van der Waals surface area (Å²) >= 11 is 0. The minimum Gasteiger partial charge on any atom is -0.349 e. The molecule has 0 unspecified atom stereocenters. The smallest absolute Gasteiger partial charge is 0.349 e. The molecule has 0 aliphatic rings. The Morgan fingerprint density at radius 3 is 2.10 bits per heavy atom. The Balaban J connectivity index is 2.56. The Morgan fingerprint density at radius 2 is 1.67 bits per heavy atom. The van der Waals surface area contributed by atoms with Gasteiger partial charge in [-0.1, -0.05) is 12.1 Å². The maximum Gasteiger partial charge on any atom is 0.455 e. The van der Waals surface area contributed by atoms with Gasteiger partial charge in [-0.2, -0.15) is 22.0 Å². The minimum absolute atomic E-state index is 0.234. The summed E-state index contributed by atoms with van der Waals surface area (Å²) in [6, 6.07) is 4.60. The number of hydrogen-bond donors (Lipinski definition) is 1. The summed E-state index contributed by atoms with van der Waals surface area (Å²) in [5.74, 6) is -6.06. The summed E-state index contributed by atoms with van der Waals surface area (Å²) in [6.45, 7) is -1.86. The highest BCUT2D eigenvalue weighted by Gasteiger charge is 2.57. The lowest BCUT2D eigenvalue weighted by Crippen LogP contribution is -2.47. The predicted octanol–water partition coefficient (Wildman–Crippen LogP) is 2.45. The van der Waals surface area contributed by atoms with Crippen LogP contribution in [0.25, 0.3) is 0 Å². The molecule has 1 amide bonds. The van der Waals surface area contributed by atoms with Crippen molar-refractivity contribution >= 4 is 11.6 Å². The van der Waals surface area contributed by atoms with Gasteiger partial charge < -0.3 is 5.32 Å². The third-order valence-corrected chi connectivity index (χ3v) is 2.43. The largest absolute Gasteiger partial charge is 0.455 e. The molecule has 0 radical (unpaired) electrons. The zero-order chi connectivity index (χ0) is 16.3. The molecule has 10 heteroatoms. The number of carbonyl (C=O) groups is 1. The van der Waals surface area contributed by atoms with Gasteiger partial charge in [0, 0.05) is 12.1 Å². The van der Waals surface area contributed by atoms with Gasteiger partial charge in [0.25, 0.3) is 5.69 Å². The molecule has 0 fully saturated rings. The Bertz CT molecular complexity index is 528. The molecule has 0 atom stereocenters. The van der Waals surface area contributed by atoms with Crippen LogP contribution >= 0.6 is 0 Å². The van der Waals surface area contributed by atoms with Crippen LogP contribution in [0.5, 0.6) is 0 Å². The highest BCUT2D eigenvalue weighted by Crippen LogP contribution is 2.34. The molecule has 0 aromatic heterocycles. The number of amides is 1. The van der Waals surface area contributed by atoms with E-state index >= 15 is 0 Å². The maximum atomic E-state index is 12.6. The number of nitrogens with zero attached hydrogens (tertiary/aromatic N) is 1. The molecule has 0 saturated heterocycles. The molecule has 0 aliphatic carbocycles. The molecule has 0 aliphatic heterocycles. The van der Waals surface area contributed by atoms with Crippen molar-refractivity contribution in [3.63, 3.8) is 0 Å². The molecule has 0 saturated carbocycles. The summed E-state index contributed by atoms with van der Waals surface area (Å²) in [5.41, 5.74) is 0.0104. The second-order valence-corrected chi connectivity index (χ2v) is 4.08. The van der Waals surface area contributed by atoms with Gasteiger partial charge in [0.05, 0.1) is 17.9 Å². The highest BCUT2D eigenvalue weighted by molar-refractivity contribution is 5.78. The number of non-ortho nitro benzene ring substituents is 1. The lowest BCUT2D eigenvalue weighted by Gasteiger charge is -2.19. The van der Waals surface area contributed by atoms with E-state index < -0.39 is 35.9 Å². The second-order valence-electron chi connectivity index (χ2n) is 4.08. The maximum absolute atomic E-state index is 12.6. The van der Waals surface area contributed by atoms with Crippen LogP contribution in [0.4, 0.5) is 27.6 Å². The zero-order valence-electron chi connectivity index (χ0n) is 10.3. The van der Waals surface area contributed by atoms with E-state index in [2.05, 4.69) is 0 Å². The fourth-order valence-electron chi connectivity index (χ4n) is 1.29. The zero-order valence-corrected chi connectivity index (χ0v) is 10.3. The van der Waals surface area contributed by atoms with E-state index in [1.807, 2.05) is 0 Å². The second kappa shape index (κ2) is 6.02. The van der Waals surface area contributed by atoms with Crippen LogP contribution in [0.1, 0.15) is 5.56 Å². The third-order valence-electron chi connectivity index (χ3n) is 2.43. The van der Waals surface area contributed by atoms with Gasteiger partial charge in [-0.05, 0) is 5.56 Å². The first kappa shape index (κ1) is 16.8. The van der Waals surface area contributed by atoms with Gasteiger partial charge in [0.1, 0.15) is 0 Å². The third kappa shape index (κ3) is 4.65. The van der Waals surface area contributed by atoms with Crippen molar-refractivity contribution < 1.29 is 31.7 Å². The van der Waals surface area contributed by atoms with E-state index in [-0.39, 0.29) is 11.3 Å². The molecule has 0 bridgehead atoms. The molecule has 1 aromatic carbocycles. The van der Waals surface area contributed by atoms with E-state index in [1.165, 1.54) is 17.4 Å². The number of carbonyl (C=O) groups excluding carboxylic acids is 1. The molecule has 116 valence electrons. The van der Waals surface area contributed by atoms with E-state index in [0.717, 1.165) is 12.1 Å². The lowest BCUT2D eigenvalue weighted by molar-refractivity contribution is -0.384. The van der Waals surface area contributed by atoms with Crippen molar-refractivity contribution in [1.82, 2.24) is 5.32 Å². The summed E-state index contributed by atoms with van der Waals surface area (Å²) in [5, 5.41) is 11.9. The lowest BCUT2D eigenvalue weighted by atomic mass is 10.1. The van der Waals surface area contributed by atoms with E-state index in [9.17, 15) is 36.9 Å². The summed E-state index contributed by atoms with van der Waals surface area (Å²) in [7, 11) is 0. The Labute approximate surface area is 114 Å². The van der Waals surface area contributed by atoms with Crippen LogP contribution in [-0.4, -0.2) is 29.5 Å². The number of nitro benzene ring substituents is 1.